The average molecular weight is 199 g/mol. The number of aromatic nitrogens is 1. The number of hydrogen-bond donors (Lipinski definition) is 1. The first-order valence-corrected chi connectivity index (χ1v) is 4.94. The van der Waals surface area contributed by atoms with E-state index in [-0.39, 0.29) is 11.8 Å². The van der Waals surface area contributed by atoms with Gasteiger partial charge in [0.05, 0.1) is 17.6 Å². The molecule has 0 unspecified atom stereocenters. The number of hydrogen-bond acceptors (Lipinski definition) is 3. The van der Waals surface area contributed by atoms with Gasteiger partial charge in [0.25, 0.3) is 0 Å². The van der Waals surface area contributed by atoms with E-state index in [0.717, 1.165) is 10.6 Å². The van der Waals surface area contributed by atoms with Crippen molar-refractivity contribution in [3.8, 4) is 0 Å². The van der Waals surface area contributed by atoms with Crippen LogP contribution in [0.2, 0.25) is 0 Å². The summed E-state index contributed by atoms with van der Waals surface area (Å²) in [5.74, 6) is -0.766. The van der Waals surface area contributed by atoms with Gasteiger partial charge >= 0.3 is 5.97 Å². The molecule has 1 N–H and O–H groups in total. The molecule has 0 radical (unpaired) electrons. The van der Waals surface area contributed by atoms with Gasteiger partial charge in [-0.3, -0.25) is 4.79 Å². The lowest BCUT2D eigenvalue weighted by Crippen LogP contribution is -2.21. The van der Waals surface area contributed by atoms with E-state index < -0.39 is 5.97 Å². The maximum absolute atomic E-state index is 10.6. The zero-order valence-electron chi connectivity index (χ0n) is 8.00. The lowest BCUT2D eigenvalue weighted by atomic mass is 9.87. The minimum atomic E-state index is -0.766. The van der Waals surface area contributed by atoms with E-state index >= 15 is 0 Å². The fourth-order valence-corrected chi connectivity index (χ4v) is 2.34. The van der Waals surface area contributed by atoms with E-state index in [9.17, 15) is 4.79 Å². The largest absolute Gasteiger partial charge is 0.481 e. The molecule has 0 aliphatic rings. The molecule has 4 heteroatoms. The molecule has 72 valence electrons. The third-order valence-corrected chi connectivity index (χ3v) is 3.25. The molecule has 0 saturated heterocycles. The molecule has 0 fully saturated rings. The van der Waals surface area contributed by atoms with Gasteiger partial charge in [0.1, 0.15) is 0 Å². The van der Waals surface area contributed by atoms with Crippen molar-refractivity contribution in [3.05, 3.63) is 16.1 Å². The van der Waals surface area contributed by atoms with Crippen molar-refractivity contribution >= 4 is 17.3 Å². The predicted octanol–water partition coefficient (Wildman–Crippen LogP) is 2.20. The van der Waals surface area contributed by atoms with Crippen LogP contribution in [0.15, 0.2) is 5.51 Å². The fourth-order valence-electron chi connectivity index (χ4n) is 1.41. The number of aliphatic carboxylic acids is 1. The van der Waals surface area contributed by atoms with Gasteiger partial charge in [-0.1, -0.05) is 13.8 Å². The fraction of sp³-hybridized carbons (Fsp3) is 0.556. The van der Waals surface area contributed by atoms with E-state index in [4.69, 9.17) is 5.11 Å². The summed E-state index contributed by atoms with van der Waals surface area (Å²) in [7, 11) is 0. The Hall–Kier alpha value is -0.900. The number of rotatable bonds is 3. The van der Waals surface area contributed by atoms with Crippen molar-refractivity contribution in [1.82, 2.24) is 4.98 Å². The van der Waals surface area contributed by atoms with Crippen LogP contribution in [0.3, 0.4) is 0 Å². The van der Waals surface area contributed by atoms with Crippen LogP contribution >= 0.6 is 11.3 Å². The highest BCUT2D eigenvalue weighted by Gasteiger charge is 2.27. The summed E-state index contributed by atoms with van der Waals surface area (Å²) in [5.41, 5.74) is 2.39. The van der Waals surface area contributed by atoms with Gasteiger partial charge in [-0.15, -0.1) is 11.3 Å². The third kappa shape index (κ3) is 2.28. The Labute approximate surface area is 81.4 Å². The molecule has 0 saturated carbocycles. The average Bonchev–Trinajstić information content (AvgIpc) is 2.32. The summed E-state index contributed by atoms with van der Waals surface area (Å²) in [4.78, 5) is 15.8. The molecular weight excluding hydrogens is 186 g/mol. The summed E-state index contributed by atoms with van der Waals surface area (Å²) in [6.45, 7) is 5.78. The van der Waals surface area contributed by atoms with Crippen LogP contribution in [-0.2, 0) is 10.2 Å². The van der Waals surface area contributed by atoms with Crippen LogP contribution in [-0.4, -0.2) is 16.1 Å². The molecular formula is C9H13NO2S. The van der Waals surface area contributed by atoms with Crippen LogP contribution in [0.1, 0.15) is 30.8 Å². The Morgan fingerprint density at radius 2 is 2.31 bits per heavy atom. The number of nitrogens with zero attached hydrogens (tertiary/aromatic N) is 1. The lowest BCUT2D eigenvalue weighted by Gasteiger charge is -2.21. The zero-order chi connectivity index (χ0) is 10.1. The van der Waals surface area contributed by atoms with Crippen molar-refractivity contribution in [3.63, 3.8) is 0 Å². The number of carbonyl (C=O) groups is 1. The van der Waals surface area contributed by atoms with Gasteiger partial charge in [-0.25, -0.2) is 4.98 Å². The smallest absolute Gasteiger partial charge is 0.304 e. The monoisotopic (exact) mass is 199 g/mol. The molecule has 0 atom stereocenters. The summed E-state index contributed by atoms with van der Waals surface area (Å²) in [5, 5.41) is 8.72. The first kappa shape index (κ1) is 10.2. The minimum Gasteiger partial charge on any atom is -0.481 e. The van der Waals surface area contributed by atoms with Gasteiger partial charge in [0.2, 0.25) is 0 Å². The zero-order valence-corrected chi connectivity index (χ0v) is 8.81. The highest BCUT2D eigenvalue weighted by atomic mass is 32.1. The Balaban J connectivity index is 2.93. The highest BCUT2D eigenvalue weighted by Crippen LogP contribution is 2.32. The van der Waals surface area contributed by atoms with Crippen LogP contribution in [0.25, 0.3) is 0 Å². The summed E-state index contributed by atoms with van der Waals surface area (Å²) < 4.78 is 0. The van der Waals surface area contributed by atoms with Crippen molar-refractivity contribution in [2.75, 3.05) is 0 Å². The van der Waals surface area contributed by atoms with Crippen molar-refractivity contribution in [2.45, 2.75) is 32.6 Å². The normalized spacial score (nSPS) is 11.6. The molecule has 3 nitrogen and oxygen atoms in total. The number of carboxylic acids is 1. The van der Waals surface area contributed by atoms with Gasteiger partial charge < -0.3 is 5.11 Å². The quantitative estimate of drug-likeness (QED) is 0.812. The predicted molar refractivity (Wildman–Crippen MR) is 52.1 cm³/mol. The minimum absolute atomic E-state index is 0.149. The molecule has 1 rings (SSSR count). The second kappa shape index (κ2) is 3.46. The lowest BCUT2D eigenvalue weighted by molar-refractivity contribution is -0.138. The van der Waals surface area contributed by atoms with Crippen LogP contribution in [0, 0.1) is 6.92 Å². The number of thiazole rings is 1. The van der Waals surface area contributed by atoms with Crippen molar-refractivity contribution < 1.29 is 9.90 Å². The summed E-state index contributed by atoms with van der Waals surface area (Å²) in [6, 6.07) is 0. The van der Waals surface area contributed by atoms with E-state index in [1.54, 1.807) is 5.51 Å². The van der Waals surface area contributed by atoms with E-state index in [1.807, 2.05) is 20.8 Å². The molecule has 0 aliphatic carbocycles. The molecule has 0 amide bonds. The maximum Gasteiger partial charge on any atom is 0.304 e. The first-order valence-electron chi connectivity index (χ1n) is 4.06. The molecule has 13 heavy (non-hydrogen) atoms. The van der Waals surface area contributed by atoms with Crippen molar-refractivity contribution in [1.29, 1.82) is 0 Å². The first-order chi connectivity index (χ1) is 5.93. The third-order valence-electron chi connectivity index (χ3n) is 1.95. The Kier molecular flexibility index (Phi) is 2.71. The van der Waals surface area contributed by atoms with E-state index in [1.165, 1.54) is 11.3 Å². The number of carboxylic acid groups (broad SMARTS) is 1. The Bertz CT molecular complexity index is 317. The Morgan fingerprint density at radius 3 is 2.69 bits per heavy atom. The molecule has 1 aromatic heterocycles. The van der Waals surface area contributed by atoms with Gasteiger partial charge in [-0.05, 0) is 6.92 Å². The van der Waals surface area contributed by atoms with Gasteiger partial charge in [0, 0.05) is 10.3 Å². The molecule has 0 aromatic carbocycles. The standard InChI is InChI=1S/C9H13NO2S/c1-6-8(13-5-10-6)9(2,3)4-7(11)12/h5H,4H2,1-3H3,(H,11,12). The van der Waals surface area contributed by atoms with Gasteiger partial charge in [-0.2, -0.15) is 0 Å². The summed E-state index contributed by atoms with van der Waals surface area (Å²) in [6.07, 6.45) is 0.149. The van der Waals surface area contributed by atoms with Crippen LogP contribution < -0.4 is 0 Å². The molecule has 0 spiro atoms. The Morgan fingerprint density at radius 1 is 1.69 bits per heavy atom. The molecule has 0 bridgehead atoms. The van der Waals surface area contributed by atoms with Crippen molar-refractivity contribution in [2.24, 2.45) is 0 Å². The van der Waals surface area contributed by atoms with E-state index in [2.05, 4.69) is 4.98 Å². The number of aryl methyl sites for hydroxylation is 1. The summed E-state index contributed by atoms with van der Waals surface area (Å²) >= 11 is 1.52. The van der Waals surface area contributed by atoms with Crippen LogP contribution in [0.5, 0.6) is 0 Å². The maximum atomic E-state index is 10.6. The topological polar surface area (TPSA) is 50.2 Å². The van der Waals surface area contributed by atoms with E-state index in [0.29, 0.717) is 0 Å². The second-order valence-electron chi connectivity index (χ2n) is 3.72. The highest BCUT2D eigenvalue weighted by molar-refractivity contribution is 7.09. The molecule has 1 aromatic rings. The second-order valence-corrected chi connectivity index (χ2v) is 4.58. The SMILES string of the molecule is Cc1ncsc1C(C)(C)CC(=O)O. The molecule has 0 aliphatic heterocycles. The molecule has 1 heterocycles. The van der Waals surface area contributed by atoms with Gasteiger partial charge in [0.15, 0.2) is 0 Å². The van der Waals surface area contributed by atoms with Crippen LogP contribution in [0.4, 0.5) is 0 Å².